The molecule has 3 atom stereocenters. The van der Waals surface area contributed by atoms with Crippen molar-refractivity contribution in [3.63, 3.8) is 0 Å². The van der Waals surface area contributed by atoms with Crippen LogP contribution in [-0.4, -0.2) is 43.4 Å². The third kappa shape index (κ3) is 3.25. The van der Waals surface area contributed by atoms with Crippen LogP contribution in [0.4, 0.5) is 11.5 Å². The number of anilines is 2. The summed E-state index contributed by atoms with van der Waals surface area (Å²) in [6.45, 7) is 3.16. The predicted molar refractivity (Wildman–Crippen MR) is 108 cm³/mol. The van der Waals surface area contributed by atoms with Crippen LogP contribution in [0.2, 0.25) is 0 Å². The van der Waals surface area contributed by atoms with Crippen molar-refractivity contribution in [2.45, 2.75) is 37.8 Å². The summed E-state index contributed by atoms with van der Waals surface area (Å²) in [5.41, 5.74) is 2.40. The second-order valence-electron chi connectivity index (χ2n) is 8.08. The van der Waals surface area contributed by atoms with Crippen molar-refractivity contribution in [3.8, 4) is 0 Å². The maximum Gasteiger partial charge on any atom is 0.251 e. The molecule has 5 rings (SSSR count). The number of pyridine rings is 1. The van der Waals surface area contributed by atoms with Crippen LogP contribution in [0.5, 0.6) is 0 Å². The molecule has 27 heavy (non-hydrogen) atoms. The minimum atomic E-state index is -0.00442. The lowest BCUT2D eigenvalue weighted by atomic mass is 9.92. The van der Waals surface area contributed by atoms with Gasteiger partial charge in [-0.15, -0.1) is 0 Å². The number of hydrogen-bond donors (Lipinski definition) is 1. The molecule has 142 valence electrons. The summed E-state index contributed by atoms with van der Waals surface area (Å²) in [6.07, 6.45) is 4.85. The van der Waals surface area contributed by atoms with E-state index in [0.29, 0.717) is 12.1 Å². The highest BCUT2D eigenvalue weighted by Gasteiger charge is 2.46. The highest BCUT2D eigenvalue weighted by molar-refractivity contribution is 5.57. The average Bonchev–Trinajstić information content (AvgIpc) is 3.31. The van der Waals surface area contributed by atoms with Gasteiger partial charge in [-0.1, -0.05) is 30.3 Å². The van der Waals surface area contributed by atoms with Crippen molar-refractivity contribution in [2.24, 2.45) is 5.92 Å². The number of H-pyrrole nitrogens is 1. The summed E-state index contributed by atoms with van der Waals surface area (Å²) >= 11 is 0. The number of nitrogens with one attached hydrogen (secondary N) is 1. The third-order valence-corrected chi connectivity index (χ3v) is 6.50. The van der Waals surface area contributed by atoms with E-state index in [9.17, 15) is 4.79 Å². The number of aromatic nitrogens is 1. The molecule has 1 aromatic carbocycles. The van der Waals surface area contributed by atoms with Gasteiger partial charge in [0.25, 0.3) is 5.56 Å². The van der Waals surface area contributed by atoms with Crippen molar-refractivity contribution in [2.75, 3.05) is 36.1 Å². The maximum absolute atomic E-state index is 12.4. The van der Waals surface area contributed by atoms with Gasteiger partial charge in [-0.05, 0) is 37.2 Å². The first-order valence-electron chi connectivity index (χ1n) is 10.2. The minimum Gasteiger partial charge on any atom is -0.378 e. The largest absolute Gasteiger partial charge is 0.378 e. The van der Waals surface area contributed by atoms with Crippen molar-refractivity contribution in [1.82, 2.24) is 4.98 Å². The molecule has 5 heteroatoms. The third-order valence-electron chi connectivity index (χ3n) is 6.50. The van der Waals surface area contributed by atoms with E-state index in [2.05, 4.69) is 51.2 Å². The molecule has 1 saturated carbocycles. The number of aromatic amines is 1. The summed E-state index contributed by atoms with van der Waals surface area (Å²) in [7, 11) is 0. The molecule has 0 spiro atoms. The van der Waals surface area contributed by atoms with E-state index in [0.717, 1.165) is 50.1 Å². The Kier molecular flexibility index (Phi) is 4.40. The number of nitrogens with zero attached hydrogens (tertiary/aromatic N) is 2. The van der Waals surface area contributed by atoms with Gasteiger partial charge in [-0.3, -0.25) is 4.79 Å². The fraction of sp³-hybridized carbons (Fsp3) is 0.500. The SMILES string of the molecule is O=c1cc(N2CCOCC2)cc(N2[C@@H]3CC[C@@H](C3)[C@@H]2Cc2ccccc2)[nH]1. The molecule has 2 saturated heterocycles. The summed E-state index contributed by atoms with van der Waals surface area (Å²) in [5, 5.41) is 0. The van der Waals surface area contributed by atoms with Crippen molar-refractivity contribution in [3.05, 3.63) is 58.4 Å². The fourth-order valence-corrected chi connectivity index (χ4v) is 5.25. The number of hydrogen-bond acceptors (Lipinski definition) is 4. The van der Waals surface area contributed by atoms with E-state index < -0.39 is 0 Å². The molecule has 1 aromatic heterocycles. The number of piperidine rings is 1. The van der Waals surface area contributed by atoms with E-state index in [1.54, 1.807) is 6.07 Å². The molecule has 3 fully saturated rings. The van der Waals surface area contributed by atoms with Gasteiger partial charge in [-0.25, -0.2) is 0 Å². The molecule has 3 aliphatic rings. The molecule has 0 amide bonds. The standard InChI is InChI=1S/C22H27N3O2/c26-22-15-19(24-8-10-27-11-9-24)14-21(23-22)25-18-7-6-17(13-18)20(25)12-16-4-2-1-3-5-16/h1-5,14-15,17-18,20H,6-13H2,(H,23,26)/t17-,18+,20-/m0/s1. The lowest BCUT2D eigenvalue weighted by Gasteiger charge is -2.38. The molecule has 0 radical (unpaired) electrons. The molecule has 3 heterocycles. The van der Waals surface area contributed by atoms with E-state index in [1.165, 1.54) is 24.8 Å². The first-order valence-corrected chi connectivity index (χ1v) is 10.2. The van der Waals surface area contributed by atoms with Gasteiger partial charge in [0.1, 0.15) is 5.82 Å². The van der Waals surface area contributed by atoms with Crippen LogP contribution in [0, 0.1) is 5.92 Å². The van der Waals surface area contributed by atoms with Crippen LogP contribution in [0.1, 0.15) is 24.8 Å². The highest BCUT2D eigenvalue weighted by atomic mass is 16.5. The molecule has 0 unspecified atom stereocenters. The second-order valence-corrected chi connectivity index (χ2v) is 8.08. The average molecular weight is 365 g/mol. The van der Waals surface area contributed by atoms with Gasteiger partial charge >= 0.3 is 0 Å². The van der Waals surface area contributed by atoms with E-state index in [-0.39, 0.29) is 5.56 Å². The Labute approximate surface area is 159 Å². The van der Waals surface area contributed by atoms with Gasteiger partial charge in [-0.2, -0.15) is 0 Å². The number of rotatable bonds is 4. The van der Waals surface area contributed by atoms with Gasteiger partial charge in [0.05, 0.1) is 13.2 Å². The highest BCUT2D eigenvalue weighted by Crippen LogP contribution is 2.45. The summed E-state index contributed by atoms with van der Waals surface area (Å²) in [4.78, 5) is 20.4. The zero-order chi connectivity index (χ0) is 18.2. The smallest absolute Gasteiger partial charge is 0.251 e. The Hall–Kier alpha value is -2.27. The van der Waals surface area contributed by atoms with E-state index in [4.69, 9.17) is 4.74 Å². The molecule has 2 aliphatic heterocycles. The number of morpholine rings is 1. The molecule has 5 nitrogen and oxygen atoms in total. The molecule has 2 aromatic rings. The van der Waals surface area contributed by atoms with Crippen LogP contribution >= 0.6 is 0 Å². The van der Waals surface area contributed by atoms with Crippen molar-refractivity contribution >= 4 is 11.5 Å². The monoisotopic (exact) mass is 365 g/mol. The lowest BCUT2D eigenvalue weighted by molar-refractivity contribution is 0.122. The minimum absolute atomic E-state index is 0.00442. The quantitative estimate of drug-likeness (QED) is 0.905. The summed E-state index contributed by atoms with van der Waals surface area (Å²) in [5.74, 6) is 1.72. The zero-order valence-electron chi connectivity index (χ0n) is 15.6. The van der Waals surface area contributed by atoms with Crippen LogP contribution in [0.3, 0.4) is 0 Å². The number of fused-ring (bicyclic) bond motifs is 2. The molecule has 2 bridgehead atoms. The molecular weight excluding hydrogens is 338 g/mol. The van der Waals surface area contributed by atoms with Gasteiger partial charge in [0.2, 0.25) is 0 Å². The Morgan fingerprint density at radius 2 is 1.89 bits per heavy atom. The maximum atomic E-state index is 12.4. The van der Waals surface area contributed by atoms with Crippen LogP contribution in [-0.2, 0) is 11.2 Å². The molecular formula is C22H27N3O2. The second kappa shape index (κ2) is 7.04. The summed E-state index contributed by atoms with van der Waals surface area (Å²) < 4.78 is 5.47. The summed E-state index contributed by atoms with van der Waals surface area (Å²) in [6, 6.07) is 15.7. The Morgan fingerprint density at radius 1 is 1.07 bits per heavy atom. The lowest BCUT2D eigenvalue weighted by Crippen LogP contribution is -2.44. The number of benzene rings is 1. The van der Waals surface area contributed by atoms with Crippen LogP contribution in [0.25, 0.3) is 0 Å². The van der Waals surface area contributed by atoms with E-state index in [1.807, 2.05) is 0 Å². The normalized spacial score (nSPS) is 27.3. The van der Waals surface area contributed by atoms with Gasteiger partial charge in [0, 0.05) is 43.0 Å². The zero-order valence-corrected chi connectivity index (χ0v) is 15.6. The van der Waals surface area contributed by atoms with Gasteiger partial charge < -0.3 is 19.5 Å². The predicted octanol–water partition coefficient (Wildman–Crippen LogP) is 2.81. The Morgan fingerprint density at radius 3 is 2.70 bits per heavy atom. The topological polar surface area (TPSA) is 48.6 Å². The fourth-order valence-electron chi connectivity index (χ4n) is 5.25. The van der Waals surface area contributed by atoms with Crippen molar-refractivity contribution in [1.29, 1.82) is 0 Å². The molecule has 1 N–H and O–H groups in total. The van der Waals surface area contributed by atoms with Gasteiger partial charge in [0.15, 0.2) is 0 Å². The van der Waals surface area contributed by atoms with Crippen molar-refractivity contribution < 1.29 is 4.74 Å². The van der Waals surface area contributed by atoms with Crippen LogP contribution in [0.15, 0.2) is 47.3 Å². The first-order chi connectivity index (χ1) is 13.3. The Balaban J connectivity index is 1.46. The number of ether oxygens (including phenoxy) is 1. The Bertz CT molecular complexity index is 844. The first kappa shape index (κ1) is 16.9. The molecule has 1 aliphatic carbocycles. The van der Waals surface area contributed by atoms with E-state index >= 15 is 0 Å². The van der Waals surface area contributed by atoms with Crippen LogP contribution < -0.4 is 15.4 Å².